The van der Waals surface area contributed by atoms with Crippen molar-refractivity contribution < 1.29 is 14.7 Å². The second-order valence-electron chi connectivity index (χ2n) is 8.42. The van der Waals surface area contributed by atoms with Crippen molar-refractivity contribution in [1.29, 1.82) is 0 Å². The Kier molecular flexibility index (Phi) is 6.57. The summed E-state index contributed by atoms with van der Waals surface area (Å²) in [6.07, 6.45) is 0. The quantitative estimate of drug-likeness (QED) is 0.444. The number of ketones is 1. The zero-order chi connectivity index (χ0) is 24.6. The number of carbonyl (C=O) groups is 2. The molecule has 1 unspecified atom stereocenters. The lowest BCUT2D eigenvalue weighted by molar-refractivity contribution is -0.117. The van der Waals surface area contributed by atoms with Crippen LogP contribution >= 0.6 is 11.3 Å². The van der Waals surface area contributed by atoms with Crippen LogP contribution in [0.25, 0.3) is 0 Å². The summed E-state index contributed by atoms with van der Waals surface area (Å²) >= 11 is 1.28. The maximum Gasteiger partial charge on any atom is 0.294 e. The first kappa shape index (κ1) is 23.7. The first-order valence-electron chi connectivity index (χ1n) is 11.4. The van der Waals surface area contributed by atoms with Crippen molar-refractivity contribution >= 4 is 34.4 Å². The van der Waals surface area contributed by atoms with Gasteiger partial charge in [-0.15, -0.1) is 11.3 Å². The molecule has 0 spiro atoms. The number of Topliss-reactive ketones (excluding diaryl/α,β-unsaturated/α-hetero) is 1. The number of aromatic nitrogens is 1. The van der Waals surface area contributed by atoms with Crippen LogP contribution in [0, 0.1) is 20.8 Å². The molecular weight excluding hydrogens is 446 g/mol. The number of benzene rings is 2. The van der Waals surface area contributed by atoms with Gasteiger partial charge in [0.25, 0.3) is 5.91 Å². The zero-order valence-electron chi connectivity index (χ0n) is 20.1. The van der Waals surface area contributed by atoms with E-state index >= 15 is 0 Å². The second-order valence-corrected chi connectivity index (χ2v) is 9.62. The summed E-state index contributed by atoms with van der Waals surface area (Å²) in [4.78, 5) is 35.6. The van der Waals surface area contributed by atoms with Crippen molar-refractivity contribution in [2.45, 2.75) is 40.7 Å². The number of rotatable bonds is 7. The number of thiazole rings is 1. The number of aliphatic hydroxyl groups is 1. The van der Waals surface area contributed by atoms with Crippen LogP contribution in [0.5, 0.6) is 0 Å². The number of nitrogens with zero attached hydrogens (tertiary/aromatic N) is 3. The Labute approximate surface area is 204 Å². The molecule has 0 saturated heterocycles. The molecule has 34 heavy (non-hydrogen) atoms. The molecule has 1 N–H and O–H groups in total. The largest absolute Gasteiger partial charge is 0.503 e. The molecule has 6 nitrogen and oxygen atoms in total. The Morgan fingerprint density at radius 2 is 1.76 bits per heavy atom. The maximum atomic E-state index is 13.7. The van der Waals surface area contributed by atoms with Crippen LogP contribution in [0.2, 0.25) is 0 Å². The Hall–Kier alpha value is -3.45. The van der Waals surface area contributed by atoms with Crippen molar-refractivity contribution in [3.8, 4) is 0 Å². The normalized spacial score (nSPS) is 15.9. The van der Waals surface area contributed by atoms with Gasteiger partial charge in [-0.2, -0.15) is 0 Å². The summed E-state index contributed by atoms with van der Waals surface area (Å²) < 4.78 is 0. The van der Waals surface area contributed by atoms with Gasteiger partial charge in [-0.05, 0) is 70.0 Å². The molecule has 2 heterocycles. The Balaban J connectivity index is 1.86. The van der Waals surface area contributed by atoms with Gasteiger partial charge in [0.2, 0.25) is 5.78 Å². The number of anilines is 2. The summed E-state index contributed by atoms with van der Waals surface area (Å²) in [5.41, 5.74) is 4.13. The summed E-state index contributed by atoms with van der Waals surface area (Å²) in [5.74, 6) is -1.44. The van der Waals surface area contributed by atoms with Crippen molar-refractivity contribution in [2.24, 2.45) is 0 Å². The minimum Gasteiger partial charge on any atom is -0.503 e. The summed E-state index contributed by atoms with van der Waals surface area (Å²) in [6.45, 7) is 11.5. The van der Waals surface area contributed by atoms with Crippen molar-refractivity contribution in [2.75, 3.05) is 22.9 Å². The molecule has 0 fully saturated rings. The zero-order valence-corrected chi connectivity index (χ0v) is 20.9. The fourth-order valence-corrected chi connectivity index (χ4v) is 5.39. The number of aliphatic hydroxyl groups excluding tert-OH is 1. The van der Waals surface area contributed by atoms with Crippen molar-refractivity contribution in [1.82, 2.24) is 4.98 Å². The number of amides is 1. The third-order valence-electron chi connectivity index (χ3n) is 6.18. The number of carbonyl (C=O) groups excluding carboxylic acids is 2. The lowest BCUT2D eigenvalue weighted by Gasteiger charge is -2.28. The van der Waals surface area contributed by atoms with E-state index < -0.39 is 17.7 Å². The molecule has 7 heteroatoms. The Morgan fingerprint density at radius 1 is 1.09 bits per heavy atom. The molecule has 0 bridgehead atoms. The number of hydrogen-bond donors (Lipinski definition) is 1. The summed E-state index contributed by atoms with van der Waals surface area (Å²) in [5, 5.41) is 11.7. The first-order valence-corrected chi connectivity index (χ1v) is 12.2. The smallest absolute Gasteiger partial charge is 0.294 e. The van der Waals surface area contributed by atoms with E-state index in [1.54, 1.807) is 6.92 Å². The minimum atomic E-state index is -0.741. The van der Waals surface area contributed by atoms with Crippen LogP contribution in [-0.4, -0.2) is 34.9 Å². The van der Waals surface area contributed by atoms with Crippen LogP contribution in [0.4, 0.5) is 11.4 Å². The van der Waals surface area contributed by atoms with Crippen molar-refractivity contribution in [3.63, 3.8) is 0 Å². The Bertz CT molecular complexity index is 1270. The van der Waals surface area contributed by atoms with Gasteiger partial charge < -0.3 is 10.0 Å². The highest BCUT2D eigenvalue weighted by atomic mass is 32.1. The third-order valence-corrected chi connectivity index (χ3v) is 7.25. The topological polar surface area (TPSA) is 73.7 Å². The van der Waals surface area contributed by atoms with Crippen LogP contribution < -0.4 is 9.80 Å². The van der Waals surface area contributed by atoms with Gasteiger partial charge in [-0.25, -0.2) is 4.98 Å². The molecule has 1 aliphatic heterocycles. The molecule has 1 amide bonds. The highest BCUT2D eigenvalue weighted by Crippen LogP contribution is 2.43. The molecule has 1 aromatic heterocycles. The fourth-order valence-electron chi connectivity index (χ4n) is 4.52. The third kappa shape index (κ3) is 4.12. The summed E-state index contributed by atoms with van der Waals surface area (Å²) in [6, 6.07) is 14.7. The standard InChI is InChI=1S/C27H29N3O3S/c1-6-29(7-2)20-13-11-19(12-14-20)23-22(24(31)26-17(4)28-18(5)34-26)25(32)27(33)30(23)21-10-8-9-16(3)15-21/h8-15,23,32H,6-7H2,1-5H3. The molecule has 1 atom stereocenters. The molecule has 2 aromatic carbocycles. The SMILES string of the molecule is CCN(CC)c1ccc(C2C(C(=O)c3sc(C)nc3C)=C(O)C(=O)N2c2cccc(C)c2)cc1. The van der Waals surface area contributed by atoms with Gasteiger partial charge in [0.1, 0.15) is 0 Å². The first-order chi connectivity index (χ1) is 16.3. The molecule has 1 aliphatic rings. The van der Waals surface area contributed by atoms with E-state index in [0.717, 1.165) is 34.9 Å². The lowest BCUT2D eigenvalue weighted by Crippen LogP contribution is -2.31. The van der Waals surface area contributed by atoms with E-state index in [9.17, 15) is 14.7 Å². The molecule has 176 valence electrons. The molecule has 4 rings (SSSR count). The summed E-state index contributed by atoms with van der Waals surface area (Å²) in [7, 11) is 0. The predicted molar refractivity (Wildman–Crippen MR) is 137 cm³/mol. The molecular formula is C27H29N3O3S. The van der Waals surface area contributed by atoms with Crippen LogP contribution in [0.1, 0.15) is 51.4 Å². The molecule has 0 saturated carbocycles. The van der Waals surface area contributed by atoms with Gasteiger partial charge in [-0.1, -0.05) is 24.3 Å². The van der Waals surface area contributed by atoms with Crippen molar-refractivity contribution in [3.05, 3.63) is 86.6 Å². The highest BCUT2D eigenvalue weighted by molar-refractivity contribution is 7.14. The highest BCUT2D eigenvalue weighted by Gasteiger charge is 2.45. The van der Waals surface area contributed by atoms with Crippen LogP contribution in [-0.2, 0) is 4.79 Å². The van der Waals surface area contributed by atoms with E-state index in [-0.39, 0.29) is 11.4 Å². The average Bonchev–Trinajstić information content (AvgIpc) is 3.30. The van der Waals surface area contributed by atoms with Crippen LogP contribution in [0.3, 0.4) is 0 Å². The monoisotopic (exact) mass is 475 g/mol. The molecule has 0 aliphatic carbocycles. The van der Waals surface area contributed by atoms with E-state index in [0.29, 0.717) is 16.3 Å². The lowest BCUT2D eigenvalue weighted by atomic mass is 9.94. The number of aryl methyl sites for hydroxylation is 3. The van der Waals surface area contributed by atoms with E-state index in [4.69, 9.17) is 0 Å². The average molecular weight is 476 g/mol. The van der Waals surface area contributed by atoms with Gasteiger partial charge in [0.05, 0.1) is 27.2 Å². The van der Waals surface area contributed by atoms with Gasteiger partial charge in [0, 0.05) is 24.5 Å². The molecule has 3 aromatic rings. The van der Waals surface area contributed by atoms with Gasteiger partial charge in [0.15, 0.2) is 5.76 Å². The fraction of sp³-hybridized carbons (Fsp3) is 0.296. The maximum absolute atomic E-state index is 13.7. The minimum absolute atomic E-state index is 0.0915. The van der Waals surface area contributed by atoms with Gasteiger partial charge in [-0.3, -0.25) is 14.5 Å². The van der Waals surface area contributed by atoms with Gasteiger partial charge >= 0.3 is 0 Å². The van der Waals surface area contributed by atoms with E-state index in [1.165, 1.54) is 16.2 Å². The van der Waals surface area contributed by atoms with E-state index in [1.807, 2.05) is 62.4 Å². The molecule has 0 radical (unpaired) electrons. The van der Waals surface area contributed by atoms with E-state index in [2.05, 4.69) is 23.7 Å². The number of hydrogen-bond acceptors (Lipinski definition) is 6. The predicted octanol–water partition coefficient (Wildman–Crippen LogP) is 5.70. The second kappa shape index (κ2) is 9.43. The Morgan fingerprint density at radius 3 is 2.32 bits per heavy atom. The van der Waals surface area contributed by atoms with Crippen LogP contribution in [0.15, 0.2) is 59.9 Å².